The van der Waals surface area contributed by atoms with Gasteiger partial charge < -0.3 is 4.74 Å². The molecule has 1 aliphatic heterocycles. The van der Waals surface area contributed by atoms with Crippen LogP contribution in [0.2, 0.25) is 0 Å². The van der Waals surface area contributed by atoms with E-state index >= 15 is 0 Å². The molecule has 0 saturated carbocycles. The van der Waals surface area contributed by atoms with E-state index in [-0.39, 0.29) is 17.9 Å². The Morgan fingerprint density at radius 3 is 2.37 bits per heavy atom. The monoisotopic (exact) mass is 432 g/mol. The summed E-state index contributed by atoms with van der Waals surface area (Å²) in [7, 11) is -4.16. The van der Waals surface area contributed by atoms with Gasteiger partial charge in [0.1, 0.15) is 17.6 Å². The number of anilines is 1. The number of carbonyl (C=O) groups is 2. The molecule has 0 N–H and O–H groups in total. The average Bonchev–Trinajstić information content (AvgIpc) is 3.01. The summed E-state index contributed by atoms with van der Waals surface area (Å²) in [4.78, 5) is 26.4. The molecule has 1 unspecified atom stereocenters. The number of benzene rings is 2. The number of halogens is 1. The van der Waals surface area contributed by atoms with Crippen LogP contribution in [0, 0.1) is 5.82 Å². The summed E-state index contributed by atoms with van der Waals surface area (Å²) in [5, 5.41) is 0. The lowest BCUT2D eigenvalue weighted by Gasteiger charge is -2.25. The van der Waals surface area contributed by atoms with E-state index in [4.69, 9.17) is 4.74 Å². The Balaban J connectivity index is 1.92. The van der Waals surface area contributed by atoms with Crippen LogP contribution < -0.4 is 9.64 Å². The number of imide groups is 1. The topological polar surface area (TPSA) is 84.0 Å². The zero-order chi connectivity index (χ0) is 21.9. The summed E-state index contributed by atoms with van der Waals surface area (Å²) in [5.41, 5.74) is 0.327. The Bertz CT molecular complexity index is 1050. The van der Waals surface area contributed by atoms with Gasteiger partial charge in [0, 0.05) is 6.54 Å². The van der Waals surface area contributed by atoms with Crippen LogP contribution in [0.4, 0.5) is 10.1 Å². The van der Waals surface area contributed by atoms with E-state index in [1.807, 2.05) is 6.92 Å². The molecule has 1 atom stereocenters. The van der Waals surface area contributed by atoms with E-state index in [9.17, 15) is 22.4 Å². The van der Waals surface area contributed by atoms with Crippen molar-refractivity contribution in [2.24, 2.45) is 0 Å². The fourth-order valence-electron chi connectivity index (χ4n) is 3.23. The highest BCUT2D eigenvalue weighted by Crippen LogP contribution is 2.30. The number of carbonyl (C=O) groups excluding carboxylic acids is 2. The Morgan fingerprint density at radius 2 is 1.80 bits per heavy atom. The lowest BCUT2D eigenvalue weighted by atomic mass is 10.2. The Hall–Kier alpha value is -3.04. The van der Waals surface area contributed by atoms with Crippen LogP contribution in [0.15, 0.2) is 66.1 Å². The number of nitrogens with zero attached hydrogens (tertiary/aromatic N) is 2. The third-order valence-corrected chi connectivity index (χ3v) is 6.49. The lowest BCUT2D eigenvalue weighted by molar-refractivity contribution is -0.122. The summed E-state index contributed by atoms with van der Waals surface area (Å²) in [6, 6.07) is 9.44. The van der Waals surface area contributed by atoms with Crippen LogP contribution >= 0.6 is 0 Å². The SMILES string of the molecule is C=CCN(C1CC(=O)N(c2ccc(OCC)cc2)C1=O)S(=O)(=O)c1ccc(F)cc1. The van der Waals surface area contributed by atoms with Gasteiger partial charge in [0.05, 0.1) is 23.6 Å². The van der Waals surface area contributed by atoms with Crippen molar-refractivity contribution >= 4 is 27.5 Å². The minimum Gasteiger partial charge on any atom is -0.494 e. The van der Waals surface area contributed by atoms with Crippen LogP contribution in [0.5, 0.6) is 5.75 Å². The number of rotatable bonds is 8. The number of hydrogen-bond donors (Lipinski definition) is 0. The van der Waals surface area contributed by atoms with Gasteiger partial charge in [-0.3, -0.25) is 9.59 Å². The van der Waals surface area contributed by atoms with Crippen molar-refractivity contribution < 1.29 is 27.1 Å². The van der Waals surface area contributed by atoms with Gasteiger partial charge in [-0.1, -0.05) is 6.08 Å². The standard InChI is InChI=1S/C21H21FN2O5S/c1-3-13-23(30(27,28)18-11-5-15(22)6-12-18)19-14-20(25)24(21(19)26)16-7-9-17(10-8-16)29-4-2/h3,5-12,19H,1,4,13-14H2,2H3. The Morgan fingerprint density at radius 1 is 1.17 bits per heavy atom. The molecule has 2 aromatic rings. The minimum atomic E-state index is -4.16. The van der Waals surface area contributed by atoms with Crippen molar-refractivity contribution in [2.75, 3.05) is 18.1 Å². The molecular weight excluding hydrogens is 411 g/mol. The van der Waals surface area contributed by atoms with Gasteiger partial charge >= 0.3 is 0 Å². The maximum atomic E-state index is 13.2. The maximum absolute atomic E-state index is 13.2. The van der Waals surface area contributed by atoms with Gasteiger partial charge in [0.15, 0.2) is 0 Å². The van der Waals surface area contributed by atoms with Crippen molar-refractivity contribution in [1.29, 1.82) is 0 Å². The molecule has 2 amide bonds. The van der Waals surface area contributed by atoms with E-state index in [0.717, 1.165) is 33.5 Å². The van der Waals surface area contributed by atoms with Gasteiger partial charge in [-0.25, -0.2) is 17.7 Å². The Labute approximate surface area is 174 Å². The summed E-state index contributed by atoms with van der Waals surface area (Å²) in [5.74, 6) is -1.17. The van der Waals surface area contributed by atoms with Gasteiger partial charge in [-0.05, 0) is 55.5 Å². The molecule has 0 spiro atoms. The van der Waals surface area contributed by atoms with Crippen molar-refractivity contribution in [3.05, 3.63) is 67.0 Å². The van der Waals surface area contributed by atoms with Crippen LogP contribution in [0.3, 0.4) is 0 Å². The third kappa shape index (κ3) is 4.12. The highest BCUT2D eigenvalue weighted by atomic mass is 32.2. The van der Waals surface area contributed by atoms with Crippen LogP contribution in [-0.2, 0) is 19.6 Å². The molecule has 9 heteroatoms. The van der Waals surface area contributed by atoms with Crippen LogP contribution in [0.25, 0.3) is 0 Å². The number of sulfonamides is 1. The van der Waals surface area contributed by atoms with Crippen molar-refractivity contribution in [3.63, 3.8) is 0 Å². The molecule has 2 aromatic carbocycles. The fourth-order valence-corrected chi connectivity index (χ4v) is 4.78. The van der Waals surface area contributed by atoms with Gasteiger partial charge in [-0.2, -0.15) is 4.31 Å². The molecule has 0 aromatic heterocycles. The first-order valence-corrected chi connectivity index (χ1v) is 10.7. The molecule has 1 heterocycles. The molecular formula is C21H21FN2O5S. The summed E-state index contributed by atoms with van der Waals surface area (Å²) in [6.45, 7) is 5.68. The summed E-state index contributed by atoms with van der Waals surface area (Å²) < 4.78 is 45.7. The quantitative estimate of drug-likeness (QED) is 0.473. The second-order valence-corrected chi connectivity index (χ2v) is 8.42. The first-order valence-electron chi connectivity index (χ1n) is 9.27. The number of amides is 2. The normalized spacial score (nSPS) is 16.9. The van der Waals surface area contributed by atoms with Gasteiger partial charge in [-0.15, -0.1) is 6.58 Å². The largest absolute Gasteiger partial charge is 0.494 e. The predicted octanol–water partition coefficient (Wildman–Crippen LogP) is 2.73. The van der Waals surface area contributed by atoms with E-state index < -0.39 is 33.7 Å². The number of ether oxygens (including phenoxy) is 1. The van der Waals surface area contributed by atoms with E-state index in [1.165, 1.54) is 6.08 Å². The lowest BCUT2D eigenvalue weighted by Crippen LogP contribution is -2.45. The Kier molecular flexibility index (Phi) is 6.33. The molecule has 1 saturated heterocycles. The van der Waals surface area contributed by atoms with Gasteiger partial charge in [0.2, 0.25) is 15.9 Å². The molecule has 158 valence electrons. The molecule has 1 aliphatic rings. The smallest absolute Gasteiger partial charge is 0.252 e. The maximum Gasteiger partial charge on any atom is 0.252 e. The average molecular weight is 432 g/mol. The summed E-state index contributed by atoms with van der Waals surface area (Å²) in [6.07, 6.45) is 1.03. The van der Waals surface area contributed by atoms with Crippen LogP contribution in [0.1, 0.15) is 13.3 Å². The second-order valence-electron chi connectivity index (χ2n) is 6.53. The zero-order valence-corrected chi connectivity index (χ0v) is 17.1. The number of hydrogen-bond acceptors (Lipinski definition) is 5. The molecule has 3 rings (SSSR count). The van der Waals surface area contributed by atoms with Crippen molar-refractivity contribution in [2.45, 2.75) is 24.3 Å². The molecule has 0 bridgehead atoms. The van der Waals surface area contributed by atoms with Crippen LogP contribution in [-0.4, -0.2) is 43.7 Å². The summed E-state index contributed by atoms with van der Waals surface area (Å²) >= 11 is 0. The molecule has 0 aliphatic carbocycles. The third-order valence-electron chi connectivity index (χ3n) is 4.61. The van der Waals surface area contributed by atoms with E-state index in [2.05, 4.69) is 6.58 Å². The first kappa shape index (κ1) is 21.7. The molecule has 30 heavy (non-hydrogen) atoms. The molecule has 0 radical (unpaired) electrons. The van der Waals surface area contributed by atoms with Crippen molar-refractivity contribution in [3.8, 4) is 5.75 Å². The predicted molar refractivity (Wildman–Crippen MR) is 109 cm³/mol. The molecule has 1 fully saturated rings. The molecule has 7 nitrogen and oxygen atoms in total. The highest BCUT2D eigenvalue weighted by molar-refractivity contribution is 7.89. The minimum absolute atomic E-state index is 0.175. The van der Waals surface area contributed by atoms with Crippen molar-refractivity contribution in [1.82, 2.24) is 4.31 Å². The van der Waals surface area contributed by atoms with Gasteiger partial charge in [0.25, 0.3) is 5.91 Å². The first-order chi connectivity index (χ1) is 14.3. The second kappa shape index (κ2) is 8.76. The highest BCUT2D eigenvalue weighted by Gasteiger charge is 2.46. The fraction of sp³-hybridized carbons (Fsp3) is 0.238. The van der Waals surface area contributed by atoms with E-state index in [0.29, 0.717) is 18.0 Å². The van der Waals surface area contributed by atoms with E-state index in [1.54, 1.807) is 24.3 Å². The zero-order valence-electron chi connectivity index (χ0n) is 16.3.